The molecule has 0 bridgehead atoms. The quantitative estimate of drug-likeness (QED) is 0.211. The molecule has 0 aliphatic heterocycles. The summed E-state index contributed by atoms with van der Waals surface area (Å²) in [7, 11) is 0. The van der Waals surface area contributed by atoms with Crippen LogP contribution in [0.2, 0.25) is 0 Å². The zero-order valence-corrected chi connectivity index (χ0v) is 22.5. The summed E-state index contributed by atoms with van der Waals surface area (Å²) in [5.41, 5.74) is 7.47. The maximum absolute atomic E-state index is 9.32. The molecule has 0 saturated carbocycles. The fraction of sp³-hybridized carbons (Fsp3) is 0. The van der Waals surface area contributed by atoms with Crippen molar-refractivity contribution in [3.63, 3.8) is 0 Å². The molecule has 2 heterocycles. The number of benzene rings is 6. The Morgan fingerprint density at radius 3 is 1.83 bits per heavy atom. The number of aromatic nitrogens is 3. The fourth-order valence-electron chi connectivity index (χ4n) is 5.89. The third-order valence-electron chi connectivity index (χ3n) is 8.00. The Bertz CT molecular complexity index is 2270. The van der Waals surface area contributed by atoms with E-state index in [1.807, 2.05) is 36.4 Å². The first kappa shape index (κ1) is 23.9. The summed E-state index contributed by atoms with van der Waals surface area (Å²) in [4.78, 5) is 14.3. The summed E-state index contributed by atoms with van der Waals surface area (Å²) >= 11 is 0. The van der Waals surface area contributed by atoms with Crippen molar-refractivity contribution in [2.75, 3.05) is 0 Å². The van der Waals surface area contributed by atoms with Gasteiger partial charge in [0.2, 0.25) is 0 Å². The highest BCUT2D eigenvalue weighted by Gasteiger charge is 2.16. The van der Waals surface area contributed by atoms with Crippen molar-refractivity contribution in [1.29, 1.82) is 5.26 Å². The largest absolute Gasteiger partial charge is 0.265 e. The Hall–Kier alpha value is -5.92. The van der Waals surface area contributed by atoms with Gasteiger partial charge in [-0.15, -0.1) is 0 Å². The minimum atomic E-state index is 0.605. The predicted octanol–water partition coefficient (Wildman–Crippen LogP) is 9.31. The maximum atomic E-state index is 9.32. The molecule has 6 aromatic carbocycles. The lowest BCUT2D eigenvalue weighted by molar-refractivity contribution is 1.18. The van der Waals surface area contributed by atoms with Gasteiger partial charge in [-0.05, 0) is 85.9 Å². The Balaban J connectivity index is 1.34. The molecule has 4 nitrogen and oxygen atoms in total. The zero-order chi connectivity index (χ0) is 28.0. The van der Waals surface area contributed by atoms with Gasteiger partial charge < -0.3 is 0 Å². The zero-order valence-electron chi connectivity index (χ0n) is 22.5. The van der Waals surface area contributed by atoms with Gasteiger partial charge in [0.1, 0.15) is 0 Å². The van der Waals surface area contributed by atoms with E-state index in [2.05, 4.69) is 96.0 Å². The second-order valence-electron chi connectivity index (χ2n) is 10.4. The predicted molar refractivity (Wildman–Crippen MR) is 170 cm³/mol. The smallest absolute Gasteiger partial charge is 0.160 e. The van der Waals surface area contributed by atoms with E-state index in [0.717, 1.165) is 39.2 Å². The van der Waals surface area contributed by atoms with Crippen LogP contribution in [0.25, 0.3) is 77.3 Å². The number of hydrogen-bond donors (Lipinski definition) is 0. The molecule has 8 rings (SSSR count). The number of nitrogens with zero attached hydrogens (tertiary/aromatic N) is 4. The average molecular weight is 535 g/mol. The molecule has 0 unspecified atom stereocenters. The van der Waals surface area contributed by atoms with Crippen molar-refractivity contribution in [3.05, 3.63) is 139 Å². The summed E-state index contributed by atoms with van der Waals surface area (Å²) in [6, 6.07) is 43.8. The highest BCUT2D eigenvalue weighted by molar-refractivity contribution is 6.25. The van der Waals surface area contributed by atoms with Gasteiger partial charge in [0.15, 0.2) is 5.82 Å². The standard InChI is InChI=1S/C38H22N4/c39-23-24-4-6-31(7-5-24)38-41-34(27-10-8-25(9-11-27)26-18-20-40-21-19-26)22-35(42-38)32-16-14-30-13-12-28-2-1-3-29-15-17-33(32)37(30)36(28)29/h1-22H. The van der Waals surface area contributed by atoms with E-state index in [1.54, 1.807) is 12.4 Å². The fourth-order valence-corrected chi connectivity index (χ4v) is 5.89. The van der Waals surface area contributed by atoms with Gasteiger partial charge in [-0.1, -0.05) is 78.9 Å². The van der Waals surface area contributed by atoms with Crippen LogP contribution < -0.4 is 0 Å². The van der Waals surface area contributed by atoms with Gasteiger partial charge in [0.05, 0.1) is 23.0 Å². The topological polar surface area (TPSA) is 62.5 Å². The first-order valence-corrected chi connectivity index (χ1v) is 13.8. The number of pyridine rings is 1. The molecule has 0 saturated heterocycles. The van der Waals surface area contributed by atoms with Crippen molar-refractivity contribution in [2.45, 2.75) is 0 Å². The third kappa shape index (κ3) is 3.96. The van der Waals surface area contributed by atoms with Crippen molar-refractivity contribution >= 4 is 32.3 Å². The molecule has 42 heavy (non-hydrogen) atoms. The highest BCUT2D eigenvalue weighted by Crippen LogP contribution is 2.40. The average Bonchev–Trinajstić information content (AvgIpc) is 3.07. The Morgan fingerprint density at radius 2 is 1.10 bits per heavy atom. The molecule has 0 spiro atoms. The molecule has 0 aliphatic carbocycles. The van der Waals surface area contributed by atoms with E-state index in [0.29, 0.717) is 11.4 Å². The molecule has 0 atom stereocenters. The summed E-state index contributed by atoms with van der Waals surface area (Å²) in [6.07, 6.45) is 3.61. The summed E-state index contributed by atoms with van der Waals surface area (Å²) < 4.78 is 0. The maximum Gasteiger partial charge on any atom is 0.160 e. The van der Waals surface area contributed by atoms with Crippen LogP contribution in [-0.4, -0.2) is 15.0 Å². The van der Waals surface area contributed by atoms with Crippen molar-refractivity contribution in [1.82, 2.24) is 15.0 Å². The van der Waals surface area contributed by atoms with Crippen LogP contribution in [0.5, 0.6) is 0 Å². The van der Waals surface area contributed by atoms with E-state index in [-0.39, 0.29) is 0 Å². The summed E-state index contributed by atoms with van der Waals surface area (Å²) in [5.74, 6) is 0.621. The van der Waals surface area contributed by atoms with E-state index >= 15 is 0 Å². The lowest BCUT2D eigenvalue weighted by Crippen LogP contribution is -1.97. The third-order valence-corrected chi connectivity index (χ3v) is 8.00. The SMILES string of the molecule is N#Cc1ccc(-c2nc(-c3ccc(-c4ccncc4)cc3)cc(-c3ccc4ccc5cccc6ccc3c4c56)n2)cc1. The second kappa shape index (κ2) is 9.62. The molecule has 0 aliphatic rings. The first-order valence-electron chi connectivity index (χ1n) is 13.8. The molecule has 194 valence electrons. The normalized spacial score (nSPS) is 11.3. The van der Waals surface area contributed by atoms with Crippen molar-refractivity contribution < 1.29 is 0 Å². The van der Waals surface area contributed by atoms with E-state index in [9.17, 15) is 5.26 Å². The van der Waals surface area contributed by atoms with Crippen LogP contribution in [0.3, 0.4) is 0 Å². The summed E-state index contributed by atoms with van der Waals surface area (Å²) in [5, 5.41) is 16.7. The van der Waals surface area contributed by atoms with Gasteiger partial charge >= 0.3 is 0 Å². The Morgan fingerprint density at radius 1 is 0.500 bits per heavy atom. The van der Waals surface area contributed by atoms with Gasteiger partial charge in [0, 0.05) is 29.1 Å². The number of hydrogen-bond acceptors (Lipinski definition) is 4. The second-order valence-corrected chi connectivity index (χ2v) is 10.4. The molecular weight excluding hydrogens is 512 g/mol. The van der Waals surface area contributed by atoms with Crippen LogP contribution in [0.1, 0.15) is 5.56 Å². The van der Waals surface area contributed by atoms with Crippen LogP contribution in [0, 0.1) is 11.3 Å². The van der Waals surface area contributed by atoms with Crippen LogP contribution in [-0.2, 0) is 0 Å². The van der Waals surface area contributed by atoms with Gasteiger partial charge in [0.25, 0.3) is 0 Å². The highest BCUT2D eigenvalue weighted by atomic mass is 14.9. The Labute approximate surface area is 242 Å². The Kier molecular flexibility index (Phi) is 5.48. The van der Waals surface area contributed by atoms with Crippen LogP contribution >= 0.6 is 0 Å². The minimum Gasteiger partial charge on any atom is -0.265 e. The monoisotopic (exact) mass is 534 g/mol. The molecule has 8 aromatic rings. The van der Waals surface area contributed by atoms with Crippen LogP contribution in [0.15, 0.2) is 134 Å². The lowest BCUT2D eigenvalue weighted by atomic mass is 9.91. The van der Waals surface area contributed by atoms with Crippen molar-refractivity contribution in [2.24, 2.45) is 0 Å². The van der Waals surface area contributed by atoms with Gasteiger partial charge in [-0.25, -0.2) is 9.97 Å². The number of rotatable bonds is 4. The molecular formula is C38H22N4. The minimum absolute atomic E-state index is 0.605. The summed E-state index contributed by atoms with van der Waals surface area (Å²) in [6.45, 7) is 0. The number of nitriles is 1. The first-order chi connectivity index (χ1) is 20.7. The molecule has 0 radical (unpaired) electrons. The molecule has 0 amide bonds. The van der Waals surface area contributed by atoms with Crippen LogP contribution in [0.4, 0.5) is 0 Å². The van der Waals surface area contributed by atoms with E-state index < -0.39 is 0 Å². The van der Waals surface area contributed by atoms with Crippen molar-refractivity contribution in [3.8, 4) is 51.1 Å². The molecule has 2 aromatic heterocycles. The van der Waals surface area contributed by atoms with E-state index in [4.69, 9.17) is 9.97 Å². The molecule has 0 N–H and O–H groups in total. The van der Waals surface area contributed by atoms with Gasteiger partial charge in [-0.2, -0.15) is 5.26 Å². The molecule has 4 heteroatoms. The lowest BCUT2D eigenvalue weighted by Gasteiger charge is -2.15. The van der Waals surface area contributed by atoms with E-state index in [1.165, 1.54) is 32.3 Å². The van der Waals surface area contributed by atoms with Gasteiger partial charge in [-0.3, -0.25) is 4.98 Å². The molecule has 0 fully saturated rings.